The van der Waals surface area contributed by atoms with Crippen LogP contribution in [-0.2, 0) is 4.79 Å². The van der Waals surface area contributed by atoms with Gasteiger partial charge in [-0.2, -0.15) is 0 Å². The first-order valence-corrected chi connectivity index (χ1v) is 4.97. The Kier molecular flexibility index (Phi) is 4.09. The van der Waals surface area contributed by atoms with Gasteiger partial charge in [0.1, 0.15) is 28.6 Å². The fourth-order valence-electron chi connectivity index (χ4n) is 1.45. The predicted octanol–water partition coefficient (Wildman–Crippen LogP) is 1.57. The molecule has 17 heavy (non-hydrogen) atoms. The predicted molar refractivity (Wildman–Crippen MR) is 60.8 cm³/mol. The smallest absolute Gasteiger partial charge is 0.177 e. The lowest BCUT2D eigenvalue weighted by Crippen LogP contribution is -2.07. The first kappa shape index (κ1) is 13.0. The molecular formula is C12H14O5. The van der Waals surface area contributed by atoms with Crippen LogP contribution in [0, 0.1) is 0 Å². The molecule has 0 aromatic heterocycles. The van der Waals surface area contributed by atoms with Crippen LogP contribution in [0.3, 0.4) is 0 Å². The number of benzene rings is 1. The lowest BCUT2D eigenvalue weighted by atomic mass is 10.0. The van der Waals surface area contributed by atoms with Crippen molar-refractivity contribution >= 4 is 11.6 Å². The van der Waals surface area contributed by atoms with Crippen molar-refractivity contribution in [1.29, 1.82) is 0 Å². The minimum absolute atomic E-state index is 0.00324. The lowest BCUT2D eigenvalue weighted by Gasteiger charge is -2.11. The molecule has 0 aliphatic heterocycles. The van der Waals surface area contributed by atoms with Gasteiger partial charge in [-0.05, 0) is 6.92 Å². The average Bonchev–Trinajstić information content (AvgIpc) is 2.26. The van der Waals surface area contributed by atoms with Gasteiger partial charge in [-0.15, -0.1) is 0 Å². The van der Waals surface area contributed by atoms with Gasteiger partial charge in [-0.3, -0.25) is 9.59 Å². The number of ether oxygens (including phenoxy) is 2. The van der Waals surface area contributed by atoms with E-state index in [1.54, 1.807) is 0 Å². The number of rotatable bonds is 5. The second kappa shape index (κ2) is 5.34. The van der Waals surface area contributed by atoms with Crippen molar-refractivity contribution < 1.29 is 24.2 Å². The Morgan fingerprint density at radius 1 is 1.24 bits per heavy atom. The Bertz CT molecular complexity index is 450. The summed E-state index contributed by atoms with van der Waals surface area (Å²) in [6.07, 6.45) is -0.268. The zero-order chi connectivity index (χ0) is 13.0. The maximum atomic E-state index is 11.8. The quantitative estimate of drug-likeness (QED) is 0.622. The molecule has 0 radical (unpaired) electrons. The number of Topliss-reactive ketones (excluding diaryl/α,β-unsaturated/α-hetero) is 2. The van der Waals surface area contributed by atoms with Crippen LogP contribution in [0.15, 0.2) is 12.1 Å². The summed E-state index contributed by atoms with van der Waals surface area (Å²) >= 11 is 0. The number of carbonyl (C=O) groups is 2. The number of phenolic OH excluding ortho intramolecular Hbond substituents is 1. The molecule has 0 atom stereocenters. The molecule has 0 aliphatic carbocycles. The van der Waals surface area contributed by atoms with E-state index in [0.717, 1.165) is 0 Å². The monoisotopic (exact) mass is 238 g/mol. The molecule has 0 aliphatic rings. The highest BCUT2D eigenvalue weighted by atomic mass is 16.5. The molecule has 5 nitrogen and oxygen atoms in total. The van der Waals surface area contributed by atoms with E-state index in [1.165, 1.54) is 33.3 Å². The summed E-state index contributed by atoms with van der Waals surface area (Å²) in [6, 6.07) is 2.78. The van der Waals surface area contributed by atoms with E-state index in [0.29, 0.717) is 5.75 Å². The SMILES string of the molecule is COc1cc(O)c(C(=O)CC(C)=O)c(OC)c1. The number of carbonyl (C=O) groups excluding carboxylic acids is 2. The van der Waals surface area contributed by atoms with Crippen LogP contribution in [0.2, 0.25) is 0 Å². The topological polar surface area (TPSA) is 72.8 Å². The number of methoxy groups -OCH3 is 2. The highest BCUT2D eigenvalue weighted by molar-refractivity contribution is 6.10. The molecule has 0 unspecified atom stereocenters. The van der Waals surface area contributed by atoms with Crippen LogP contribution in [0.1, 0.15) is 23.7 Å². The molecule has 1 N–H and O–H groups in total. The Morgan fingerprint density at radius 2 is 1.88 bits per heavy atom. The summed E-state index contributed by atoms with van der Waals surface area (Å²) in [5, 5.41) is 9.73. The summed E-state index contributed by atoms with van der Waals surface area (Å²) in [6.45, 7) is 1.31. The van der Waals surface area contributed by atoms with Crippen molar-refractivity contribution in [3.8, 4) is 17.2 Å². The van der Waals surface area contributed by atoms with E-state index in [4.69, 9.17) is 9.47 Å². The number of aromatic hydroxyl groups is 1. The van der Waals surface area contributed by atoms with Crippen LogP contribution in [-0.4, -0.2) is 30.9 Å². The van der Waals surface area contributed by atoms with E-state index in [2.05, 4.69) is 0 Å². The summed E-state index contributed by atoms with van der Waals surface area (Å²) < 4.78 is 9.93. The number of hydrogen-bond acceptors (Lipinski definition) is 5. The van der Waals surface area contributed by atoms with E-state index >= 15 is 0 Å². The average molecular weight is 238 g/mol. The van der Waals surface area contributed by atoms with Gasteiger partial charge in [-0.25, -0.2) is 0 Å². The van der Waals surface area contributed by atoms with Crippen molar-refractivity contribution in [2.75, 3.05) is 14.2 Å². The molecular weight excluding hydrogens is 224 g/mol. The van der Waals surface area contributed by atoms with Gasteiger partial charge in [0.2, 0.25) is 0 Å². The highest BCUT2D eigenvalue weighted by Crippen LogP contribution is 2.34. The van der Waals surface area contributed by atoms with Crippen molar-refractivity contribution in [3.63, 3.8) is 0 Å². The van der Waals surface area contributed by atoms with Gasteiger partial charge >= 0.3 is 0 Å². The normalized spacial score (nSPS) is 9.82. The standard InChI is InChI=1S/C12H14O5/c1-7(13)4-9(14)12-10(15)5-8(16-2)6-11(12)17-3/h5-6,15H,4H2,1-3H3. The highest BCUT2D eigenvalue weighted by Gasteiger charge is 2.20. The summed E-state index contributed by atoms with van der Waals surface area (Å²) in [4.78, 5) is 22.6. The van der Waals surface area contributed by atoms with Crippen LogP contribution >= 0.6 is 0 Å². The van der Waals surface area contributed by atoms with Crippen LogP contribution in [0.5, 0.6) is 17.2 Å². The first-order valence-electron chi connectivity index (χ1n) is 4.97. The first-order chi connectivity index (χ1) is 7.99. The van der Waals surface area contributed by atoms with Gasteiger partial charge in [0.05, 0.1) is 20.6 Å². The number of phenols is 1. The second-order valence-electron chi connectivity index (χ2n) is 3.53. The maximum absolute atomic E-state index is 11.8. The van der Waals surface area contributed by atoms with Gasteiger partial charge in [-0.1, -0.05) is 0 Å². The molecule has 0 saturated carbocycles. The zero-order valence-electron chi connectivity index (χ0n) is 9.94. The van der Waals surface area contributed by atoms with Crippen molar-refractivity contribution in [2.45, 2.75) is 13.3 Å². The molecule has 1 aromatic rings. The number of hydrogen-bond donors (Lipinski definition) is 1. The molecule has 92 valence electrons. The third-order valence-corrected chi connectivity index (χ3v) is 2.20. The summed E-state index contributed by atoms with van der Waals surface area (Å²) in [7, 11) is 2.81. The summed E-state index contributed by atoms with van der Waals surface area (Å²) in [5.74, 6) is -0.443. The molecule has 0 spiro atoms. The Labute approximate surface area is 99.0 Å². The van der Waals surface area contributed by atoms with Crippen LogP contribution in [0.25, 0.3) is 0 Å². The van der Waals surface area contributed by atoms with E-state index < -0.39 is 5.78 Å². The Hall–Kier alpha value is -2.04. The summed E-state index contributed by atoms with van der Waals surface area (Å²) in [5.41, 5.74) is 0.00324. The maximum Gasteiger partial charge on any atom is 0.177 e. The second-order valence-corrected chi connectivity index (χ2v) is 3.53. The molecule has 0 heterocycles. The van der Waals surface area contributed by atoms with E-state index in [1.807, 2.05) is 0 Å². The molecule has 0 bridgehead atoms. The van der Waals surface area contributed by atoms with Crippen molar-refractivity contribution in [2.24, 2.45) is 0 Å². The molecule has 1 aromatic carbocycles. The molecule has 0 amide bonds. The fraction of sp³-hybridized carbons (Fsp3) is 0.333. The Balaban J connectivity index is 3.22. The van der Waals surface area contributed by atoms with Crippen molar-refractivity contribution in [1.82, 2.24) is 0 Å². The fourth-order valence-corrected chi connectivity index (χ4v) is 1.45. The van der Waals surface area contributed by atoms with Gasteiger partial charge in [0.25, 0.3) is 0 Å². The minimum atomic E-state index is -0.477. The van der Waals surface area contributed by atoms with Gasteiger partial charge in [0, 0.05) is 12.1 Å². The van der Waals surface area contributed by atoms with E-state index in [-0.39, 0.29) is 29.3 Å². The van der Waals surface area contributed by atoms with Gasteiger partial charge < -0.3 is 14.6 Å². The van der Waals surface area contributed by atoms with Crippen LogP contribution < -0.4 is 9.47 Å². The Morgan fingerprint density at radius 3 is 2.35 bits per heavy atom. The van der Waals surface area contributed by atoms with Gasteiger partial charge in [0.15, 0.2) is 5.78 Å². The molecule has 5 heteroatoms. The zero-order valence-corrected chi connectivity index (χ0v) is 9.94. The molecule has 0 fully saturated rings. The van der Waals surface area contributed by atoms with Crippen molar-refractivity contribution in [3.05, 3.63) is 17.7 Å². The minimum Gasteiger partial charge on any atom is -0.507 e. The lowest BCUT2D eigenvalue weighted by molar-refractivity contribution is -0.116. The molecule has 0 saturated heterocycles. The third-order valence-electron chi connectivity index (χ3n) is 2.20. The van der Waals surface area contributed by atoms with Crippen LogP contribution in [0.4, 0.5) is 0 Å². The molecule has 1 rings (SSSR count). The number of ketones is 2. The third kappa shape index (κ3) is 2.96. The van der Waals surface area contributed by atoms with E-state index in [9.17, 15) is 14.7 Å². The largest absolute Gasteiger partial charge is 0.507 e.